The summed E-state index contributed by atoms with van der Waals surface area (Å²) in [5, 5.41) is 2.41. The van der Waals surface area contributed by atoms with Crippen molar-refractivity contribution < 1.29 is 27.6 Å². The Morgan fingerprint density at radius 1 is 0.690 bits per heavy atom. The van der Waals surface area contributed by atoms with Gasteiger partial charge in [0.15, 0.2) is 0 Å². The zero-order valence-corrected chi connectivity index (χ0v) is 14.9. The second-order valence-corrected chi connectivity index (χ2v) is 6.10. The predicted molar refractivity (Wildman–Crippen MR) is 101 cm³/mol. The SMILES string of the molecule is O=C(Nc1ccc(C(F)(F)F)cc1C(=O)C(=O)c1ccccc1)c1ccccc1. The number of carbonyl (C=O) groups is 3. The number of halogens is 3. The molecule has 0 spiro atoms. The number of alkyl halides is 3. The Bertz CT molecular complexity index is 1060. The molecule has 0 saturated heterocycles. The molecule has 0 aromatic heterocycles. The van der Waals surface area contributed by atoms with E-state index >= 15 is 0 Å². The highest BCUT2D eigenvalue weighted by molar-refractivity contribution is 6.50. The van der Waals surface area contributed by atoms with Crippen molar-refractivity contribution in [1.29, 1.82) is 0 Å². The Morgan fingerprint density at radius 2 is 1.24 bits per heavy atom. The molecule has 0 aliphatic heterocycles. The fraction of sp³-hybridized carbons (Fsp3) is 0.0455. The summed E-state index contributed by atoms with van der Waals surface area (Å²) in [6.07, 6.45) is -4.72. The van der Waals surface area contributed by atoms with Gasteiger partial charge in [-0.2, -0.15) is 13.2 Å². The molecule has 0 radical (unpaired) electrons. The Kier molecular flexibility index (Phi) is 5.59. The van der Waals surface area contributed by atoms with Gasteiger partial charge in [0.05, 0.1) is 16.8 Å². The summed E-state index contributed by atoms with van der Waals surface area (Å²) in [6, 6.07) is 17.7. The molecular weight excluding hydrogens is 383 g/mol. The number of hydrogen-bond acceptors (Lipinski definition) is 3. The number of anilines is 1. The lowest BCUT2D eigenvalue weighted by atomic mass is 9.98. The van der Waals surface area contributed by atoms with Crippen LogP contribution in [0.5, 0.6) is 0 Å². The monoisotopic (exact) mass is 397 g/mol. The van der Waals surface area contributed by atoms with E-state index in [2.05, 4.69) is 5.32 Å². The second kappa shape index (κ2) is 8.10. The third-order valence-electron chi connectivity index (χ3n) is 4.12. The Hall–Kier alpha value is -3.74. The van der Waals surface area contributed by atoms with E-state index in [-0.39, 0.29) is 16.8 Å². The second-order valence-electron chi connectivity index (χ2n) is 6.10. The lowest BCUT2D eigenvalue weighted by Crippen LogP contribution is -2.20. The van der Waals surface area contributed by atoms with Gasteiger partial charge in [-0.05, 0) is 30.3 Å². The van der Waals surface area contributed by atoms with Crippen LogP contribution in [0.15, 0.2) is 78.9 Å². The van der Waals surface area contributed by atoms with Crippen LogP contribution in [0.4, 0.5) is 18.9 Å². The molecule has 0 fully saturated rings. The van der Waals surface area contributed by atoms with E-state index in [1.165, 1.54) is 36.4 Å². The van der Waals surface area contributed by atoms with Gasteiger partial charge in [-0.25, -0.2) is 0 Å². The fourth-order valence-corrected chi connectivity index (χ4v) is 2.64. The molecule has 4 nitrogen and oxygen atoms in total. The summed E-state index contributed by atoms with van der Waals surface area (Å²) >= 11 is 0. The predicted octanol–water partition coefficient (Wildman–Crippen LogP) is 5.02. The molecule has 0 saturated carbocycles. The molecule has 3 aromatic rings. The van der Waals surface area contributed by atoms with Crippen molar-refractivity contribution in [2.75, 3.05) is 5.32 Å². The van der Waals surface area contributed by atoms with Crippen LogP contribution < -0.4 is 5.32 Å². The number of ketones is 2. The van der Waals surface area contributed by atoms with Crippen LogP contribution in [0, 0.1) is 0 Å². The van der Waals surface area contributed by atoms with E-state index in [0.717, 1.165) is 12.1 Å². The van der Waals surface area contributed by atoms with Crippen molar-refractivity contribution in [3.8, 4) is 0 Å². The normalized spacial score (nSPS) is 11.0. The van der Waals surface area contributed by atoms with Gasteiger partial charge in [0.1, 0.15) is 0 Å². The van der Waals surface area contributed by atoms with Gasteiger partial charge in [-0.15, -0.1) is 0 Å². The van der Waals surface area contributed by atoms with Gasteiger partial charge < -0.3 is 5.32 Å². The highest BCUT2D eigenvalue weighted by Gasteiger charge is 2.33. The largest absolute Gasteiger partial charge is 0.416 e. The van der Waals surface area contributed by atoms with E-state index in [0.29, 0.717) is 6.07 Å². The van der Waals surface area contributed by atoms with Crippen LogP contribution in [0.25, 0.3) is 0 Å². The number of rotatable bonds is 5. The number of nitrogens with one attached hydrogen (secondary N) is 1. The summed E-state index contributed by atoms with van der Waals surface area (Å²) in [5.74, 6) is -2.74. The molecule has 0 atom stereocenters. The molecule has 146 valence electrons. The molecule has 0 aliphatic rings. The first-order chi connectivity index (χ1) is 13.8. The zero-order valence-electron chi connectivity index (χ0n) is 14.9. The van der Waals surface area contributed by atoms with Crippen LogP contribution in [0.2, 0.25) is 0 Å². The molecule has 3 aromatic carbocycles. The Balaban J connectivity index is 2.01. The highest BCUT2D eigenvalue weighted by atomic mass is 19.4. The Labute approximate surface area is 164 Å². The summed E-state index contributed by atoms with van der Waals surface area (Å²) in [5.41, 5.74) is -1.52. The highest BCUT2D eigenvalue weighted by Crippen LogP contribution is 2.32. The van der Waals surface area contributed by atoms with Crippen LogP contribution in [-0.2, 0) is 6.18 Å². The molecule has 0 bridgehead atoms. The van der Waals surface area contributed by atoms with Gasteiger partial charge in [0, 0.05) is 11.1 Å². The first-order valence-corrected chi connectivity index (χ1v) is 8.49. The number of benzene rings is 3. The summed E-state index contributed by atoms with van der Waals surface area (Å²) < 4.78 is 39.4. The maximum atomic E-state index is 13.1. The van der Waals surface area contributed by atoms with E-state index in [4.69, 9.17) is 0 Å². The average molecular weight is 397 g/mol. The van der Waals surface area contributed by atoms with Crippen molar-refractivity contribution in [2.24, 2.45) is 0 Å². The van der Waals surface area contributed by atoms with E-state index in [1.54, 1.807) is 24.3 Å². The van der Waals surface area contributed by atoms with Crippen LogP contribution in [-0.4, -0.2) is 17.5 Å². The average Bonchev–Trinajstić information content (AvgIpc) is 2.73. The van der Waals surface area contributed by atoms with E-state index in [9.17, 15) is 27.6 Å². The molecule has 0 unspecified atom stereocenters. The van der Waals surface area contributed by atoms with Crippen molar-refractivity contribution in [3.63, 3.8) is 0 Å². The van der Waals surface area contributed by atoms with Gasteiger partial charge in [-0.1, -0.05) is 48.5 Å². The third kappa shape index (κ3) is 4.57. The van der Waals surface area contributed by atoms with Gasteiger partial charge >= 0.3 is 6.18 Å². The van der Waals surface area contributed by atoms with Crippen molar-refractivity contribution in [2.45, 2.75) is 6.18 Å². The van der Waals surface area contributed by atoms with Crippen LogP contribution in [0.1, 0.15) is 36.6 Å². The minimum atomic E-state index is -4.72. The number of carbonyl (C=O) groups excluding carboxylic acids is 3. The number of hydrogen-bond donors (Lipinski definition) is 1. The molecule has 0 aliphatic carbocycles. The summed E-state index contributed by atoms with van der Waals surface area (Å²) in [4.78, 5) is 37.5. The summed E-state index contributed by atoms with van der Waals surface area (Å²) in [7, 11) is 0. The molecule has 7 heteroatoms. The van der Waals surface area contributed by atoms with E-state index < -0.39 is 34.8 Å². The fourth-order valence-electron chi connectivity index (χ4n) is 2.64. The van der Waals surface area contributed by atoms with Crippen molar-refractivity contribution >= 4 is 23.2 Å². The number of Topliss-reactive ketones (excluding diaryl/α,β-unsaturated/α-hetero) is 2. The van der Waals surface area contributed by atoms with Crippen LogP contribution >= 0.6 is 0 Å². The van der Waals surface area contributed by atoms with E-state index in [1.807, 2.05) is 0 Å². The minimum Gasteiger partial charge on any atom is -0.321 e. The standard InChI is InChI=1S/C22H14F3NO3/c23-22(24,25)16-11-12-18(26-21(29)15-9-5-2-6-10-15)17(13-16)20(28)19(27)14-7-3-1-4-8-14/h1-13H,(H,26,29). The van der Waals surface area contributed by atoms with Gasteiger partial charge in [0.25, 0.3) is 5.91 Å². The quantitative estimate of drug-likeness (QED) is 0.486. The molecular formula is C22H14F3NO3. The third-order valence-corrected chi connectivity index (χ3v) is 4.12. The molecule has 0 heterocycles. The lowest BCUT2D eigenvalue weighted by molar-refractivity contribution is -0.137. The molecule has 1 N–H and O–H groups in total. The van der Waals surface area contributed by atoms with Crippen molar-refractivity contribution in [3.05, 3.63) is 101 Å². The molecule has 29 heavy (non-hydrogen) atoms. The minimum absolute atomic E-state index is 0.0373. The first kappa shape index (κ1) is 20.0. The van der Waals surface area contributed by atoms with Gasteiger partial charge in [-0.3, -0.25) is 14.4 Å². The number of amides is 1. The topological polar surface area (TPSA) is 63.2 Å². The maximum Gasteiger partial charge on any atom is 0.416 e. The summed E-state index contributed by atoms with van der Waals surface area (Å²) in [6.45, 7) is 0. The van der Waals surface area contributed by atoms with Crippen LogP contribution in [0.3, 0.4) is 0 Å². The lowest BCUT2D eigenvalue weighted by Gasteiger charge is -2.14. The smallest absolute Gasteiger partial charge is 0.321 e. The molecule has 1 amide bonds. The van der Waals surface area contributed by atoms with Crippen molar-refractivity contribution in [1.82, 2.24) is 0 Å². The Morgan fingerprint density at radius 3 is 1.79 bits per heavy atom. The molecule has 3 rings (SSSR count). The first-order valence-electron chi connectivity index (χ1n) is 8.49. The van der Waals surface area contributed by atoms with Gasteiger partial charge in [0.2, 0.25) is 11.6 Å². The zero-order chi connectivity index (χ0) is 21.0. The maximum absolute atomic E-state index is 13.1.